The van der Waals surface area contributed by atoms with E-state index in [4.69, 9.17) is 14.2 Å². The van der Waals surface area contributed by atoms with Gasteiger partial charge in [0, 0.05) is 25.2 Å². The van der Waals surface area contributed by atoms with E-state index < -0.39 is 0 Å². The van der Waals surface area contributed by atoms with Crippen molar-refractivity contribution in [2.75, 3.05) is 47.1 Å². The van der Waals surface area contributed by atoms with Crippen LogP contribution in [-0.2, 0) is 4.74 Å². The van der Waals surface area contributed by atoms with Crippen LogP contribution in [0.1, 0.15) is 33.1 Å². The molecule has 0 radical (unpaired) electrons. The first-order valence-corrected chi connectivity index (χ1v) is 9.93. The number of rotatable bonds is 7. The van der Waals surface area contributed by atoms with Crippen molar-refractivity contribution >= 4 is 5.91 Å². The van der Waals surface area contributed by atoms with Crippen molar-refractivity contribution in [3.05, 3.63) is 58.7 Å². The zero-order valence-corrected chi connectivity index (χ0v) is 17.7. The molecular weight excluding hydrogens is 368 g/mol. The maximum atomic E-state index is 12.9. The average molecular weight is 399 g/mol. The number of hydrogen-bond acceptors (Lipinski definition) is 5. The van der Waals surface area contributed by atoms with Gasteiger partial charge < -0.3 is 19.5 Å². The smallest absolute Gasteiger partial charge is 0.251 e. The van der Waals surface area contributed by atoms with Crippen molar-refractivity contribution in [2.24, 2.45) is 0 Å². The number of hydrogen-bond donors (Lipinski definition) is 1. The Kier molecular flexibility index (Phi) is 7.12. The lowest BCUT2D eigenvalue weighted by atomic mass is 10.0. The lowest BCUT2D eigenvalue weighted by Crippen LogP contribution is -2.43. The van der Waals surface area contributed by atoms with Gasteiger partial charge in [-0.2, -0.15) is 0 Å². The Morgan fingerprint density at radius 1 is 1.10 bits per heavy atom. The number of carbonyl (C=O) groups excluding carboxylic acids is 1. The van der Waals surface area contributed by atoms with Gasteiger partial charge in [-0.1, -0.05) is 18.2 Å². The fourth-order valence-corrected chi connectivity index (χ4v) is 3.69. The Hall–Kier alpha value is -2.57. The molecule has 0 saturated carbocycles. The van der Waals surface area contributed by atoms with Crippen LogP contribution in [0.2, 0.25) is 0 Å². The third-order valence-corrected chi connectivity index (χ3v) is 5.58. The summed E-state index contributed by atoms with van der Waals surface area (Å²) in [4.78, 5) is 15.2. The van der Waals surface area contributed by atoms with Crippen LogP contribution in [0.25, 0.3) is 0 Å². The summed E-state index contributed by atoms with van der Waals surface area (Å²) in [5, 5.41) is 3.14. The molecule has 2 aromatic rings. The second-order valence-corrected chi connectivity index (χ2v) is 7.24. The van der Waals surface area contributed by atoms with E-state index in [1.54, 1.807) is 14.2 Å². The monoisotopic (exact) mass is 398 g/mol. The van der Waals surface area contributed by atoms with E-state index in [1.165, 1.54) is 0 Å². The molecule has 0 aromatic heterocycles. The quantitative estimate of drug-likeness (QED) is 0.777. The maximum absolute atomic E-state index is 12.9. The van der Waals surface area contributed by atoms with Gasteiger partial charge in [-0.3, -0.25) is 9.69 Å². The molecule has 6 nitrogen and oxygen atoms in total. The van der Waals surface area contributed by atoms with Crippen LogP contribution >= 0.6 is 0 Å². The summed E-state index contributed by atoms with van der Waals surface area (Å²) >= 11 is 0. The minimum absolute atomic E-state index is 0.0211. The topological polar surface area (TPSA) is 60.0 Å². The van der Waals surface area contributed by atoms with Crippen LogP contribution in [0.15, 0.2) is 36.4 Å². The standard InChI is InChI=1S/C23H30N2O4/c1-16-6-5-7-19(17(16)2)23(26)24-15-20(25-10-12-29-13-11-25)18-8-9-21(27-3)22(14-18)28-4/h5-9,14,20H,10-13,15H2,1-4H3,(H,24,26). The molecule has 0 aliphatic carbocycles. The first-order chi connectivity index (χ1) is 14.0. The van der Waals surface area contributed by atoms with Crippen LogP contribution in [0.4, 0.5) is 0 Å². The average Bonchev–Trinajstić information content (AvgIpc) is 2.76. The lowest BCUT2D eigenvalue weighted by Gasteiger charge is -2.35. The predicted octanol–water partition coefficient (Wildman–Crippen LogP) is 3.12. The third kappa shape index (κ3) is 4.89. The van der Waals surface area contributed by atoms with Gasteiger partial charge in [0.2, 0.25) is 0 Å². The fraction of sp³-hybridized carbons (Fsp3) is 0.435. The van der Waals surface area contributed by atoms with Crippen molar-refractivity contribution in [3.8, 4) is 11.5 Å². The molecule has 2 aromatic carbocycles. The predicted molar refractivity (Wildman–Crippen MR) is 113 cm³/mol. The van der Waals surface area contributed by atoms with Crippen molar-refractivity contribution in [3.63, 3.8) is 0 Å². The minimum atomic E-state index is -0.0510. The lowest BCUT2D eigenvalue weighted by molar-refractivity contribution is 0.0162. The summed E-state index contributed by atoms with van der Waals surface area (Å²) in [6, 6.07) is 11.8. The number of ether oxygens (including phenoxy) is 3. The molecule has 156 valence electrons. The molecule has 1 aliphatic rings. The fourth-order valence-electron chi connectivity index (χ4n) is 3.69. The van der Waals surface area contributed by atoms with Gasteiger partial charge in [0.1, 0.15) is 0 Å². The van der Waals surface area contributed by atoms with Crippen LogP contribution in [0, 0.1) is 13.8 Å². The van der Waals surface area contributed by atoms with Crippen LogP contribution < -0.4 is 14.8 Å². The van der Waals surface area contributed by atoms with Crippen molar-refractivity contribution in [1.82, 2.24) is 10.2 Å². The first kappa shape index (κ1) is 21.1. The van der Waals surface area contributed by atoms with Gasteiger partial charge in [-0.15, -0.1) is 0 Å². The summed E-state index contributed by atoms with van der Waals surface area (Å²) in [6.45, 7) is 7.52. The SMILES string of the molecule is COc1ccc(C(CNC(=O)c2cccc(C)c2C)N2CCOCC2)cc1OC. The van der Waals surface area contributed by atoms with E-state index in [1.807, 2.05) is 50.2 Å². The molecule has 1 N–H and O–H groups in total. The van der Waals surface area contributed by atoms with Gasteiger partial charge >= 0.3 is 0 Å². The molecule has 1 unspecified atom stereocenters. The Bertz CT molecular complexity index is 847. The summed E-state index contributed by atoms with van der Waals surface area (Å²) < 4.78 is 16.4. The first-order valence-electron chi connectivity index (χ1n) is 9.93. The van der Waals surface area contributed by atoms with Gasteiger partial charge in [0.25, 0.3) is 5.91 Å². The van der Waals surface area contributed by atoms with E-state index in [2.05, 4.69) is 10.2 Å². The van der Waals surface area contributed by atoms with E-state index in [-0.39, 0.29) is 11.9 Å². The molecule has 0 spiro atoms. The molecule has 1 atom stereocenters. The Morgan fingerprint density at radius 2 is 1.83 bits per heavy atom. The van der Waals surface area contributed by atoms with Crippen LogP contribution in [-0.4, -0.2) is 57.9 Å². The Labute approximate surface area is 172 Å². The Morgan fingerprint density at radius 3 is 2.52 bits per heavy atom. The molecule has 29 heavy (non-hydrogen) atoms. The van der Waals surface area contributed by atoms with Gasteiger partial charge in [0.15, 0.2) is 11.5 Å². The highest BCUT2D eigenvalue weighted by Crippen LogP contribution is 2.32. The van der Waals surface area contributed by atoms with E-state index >= 15 is 0 Å². The summed E-state index contributed by atoms with van der Waals surface area (Å²) in [6.07, 6.45) is 0. The molecule has 1 heterocycles. The molecule has 1 amide bonds. The van der Waals surface area contributed by atoms with Crippen LogP contribution in [0.5, 0.6) is 11.5 Å². The number of nitrogens with one attached hydrogen (secondary N) is 1. The number of aryl methyl sites for hydroxylation is 1. The van der Waals surface area contributed by atoms with Gasteiger partial charge in [0.05, 0.1) is 33.5 Å². The highest BCUT2D eigenvalue weighted by molar-refractivity contribution is 5.95. The second kappa shape index (κ2) is 9.76. The second-order valence-electron chi connectivity index (χ2n) is 7.24. The molecular formula is C23H30N2O4. The number of carbonyl (C=O) groups is 1. The zero-order chi connectivity index (χ0) is 20.8. The normalized spacial score (nSPS) is 15.6. The minimum Gasteiger partial charge on any atom is -0.493 e. The van der Waals surface area contributed by atoms with E-state index in [0.29, 0.717) is 31.3 Å². The van der Waals surface area contributed by atoms with E-state index in [9.17, 15) is 4.79 Å². The molecule has 1 aliphatic heterocycles. The molecule has 6 heteroatoms. The van der Waals surface area contributed by atoms with Crippen molar-refractivity contribution in [1.29, 1.82) is 0 Å². The Balaban J connectivity index is 1.82. The molecule has 1 fully saturated rings. The zero-order valence-electron chi connectivity index (χ0n) is 17.7. The van der Waals surface area contributed by atoms with Crippen molar-refractivity contribution < 1.29 is 19.0 Å². The highest BCUT2D eigenvalue weighted by atomic mass is 16.5. The largest absolute Gasteiger partial charge is 0.493 e. The molecule has 0 bridgehead atoms. The summed E-state index contributed by atoms with van der Waals surface area (Å²) in [5.74, 6) is 1.32. The van der Waals surface area contributed by atoms with Crippen LogP contribution in [0.3, 0.4) is 0 Å². The number of amides is 1. The number of benzene rings is 2. The molecule has 3 rings (SSSR count). The van der Waals surface area contributed by atoms with Gasteiger partial charge in [-0.25, -0.2) is 0 Å². The number of morpholine rings is 1. The summed E-state index contributed by atoms with van der Waals surface area (Å²) in [7, 11) is 3.26. The maximum Gasteiger partial charge on any atom is 0.251 e. The summed E-state index contributed by atoms with van der Waals surface area (Å²) in [5.41, 5.74) is 3.92. The van der Waals surface area contributed by atoms with E-state index in [0.717, 1.165) is 35.3 Å². The van der Waals surface area contributed by atoms with Crippen molar-refractivity contribution in [2.45, 2.75) is 19.9 Å². The third-order valence-electron chi connectivity index (χ3n) is 5.58. The highest BCUT2D eigenvalue weighted by Gasteiger charge is 2.25. The number of nitrogens with zero attached hydrogens (tertiary/aromatic N) is 1. The van der Waals surface area contributed by atoms with Gasteiger partial charge in [-0.05, 0) is 48.7 Å². The molecule has 1 saturated heterocycles. The number of methoxy groups -OCH3 is 2.